The second kappa shape index (κ2) is 8.54. The summed E-state index contributed by atoms with van der Waals surface area (Å²) in [7, 11) is 0. The highest BCUT2D eigenvalue weighted by molar-refractivity contribution is 5.84. The van der Waals surface area contributed by atoms with Crippen molar-refractivity contribution in [2.75, 3.05) is 19.6 Å². The van der Waals surface area contributed by atoms with Crippen LogP contribution < -0.4 is 11.1 Å². The number of nitrogens with two attached hydrogens (primary N) is 1. The van der Waals surface area contributed by atoms with E-state index in [0.717, 1.165) is 13.1 Å². The summed E-state index contributed by atoms with van der Waals surface area (Å²) in [5, 5.41) is 3.31. The molecule has 0 aliphatic rings. The molecule has 0 spiro atoms. The van der Waals surface area contributed by atoms with Gasteiger partial charge < -0.3 is 16.0 Å². The molecule has 0 bridgehead atoms. The Morgan fingerprint density at radius 1 is 1.26 bits per heavy atom. The molecule has 4 heteroatoms. The molecule has 1 atom stereocenters. The smallest absolute Gasteiger partial charge is 0.238 e. The molecule has 1 unspecified atom stereocenters. The second-order valence-corrected chi connectivity index (χ2v) is 6.01. The van der Waals surface area contributed by atoms with E-state index < -0.39 is 5.54 Å². The van der Waals surface area contributed by atoms with E-state index in [0.29, 0.717) is 12.5 Å². The fourth-order valence-electron chi connectivity index (χ4n) is 2.50. The van der Waals surface area contributed by atoms with Crippen LogP contribution >= 0.6 is 0 Å². The maximum Gasteiger partial charge on any atom is 0.238 e. The molecular formula is C15H33N3O. The van der Waals surface area contributed by atoms with Crippen LogP contribution in [0, 0.1) is 5.92 Å². The lowest BCUT2D eigenvalue weighted by Crippen LogP contribution is -2.61. The fourth-order valence-corrected chi connectivity index (χ4v) is 2.50. The van der Waals surface area contributed by atoms with Gasteiger partial charge in [0.25, 0.3) is 0 Å². The van der Waals surface area contributed by atoms with Crippen molar-refractivity contribution >= 4 is 5.91 Å². The Morgan fingerprint density at radius 3 is 2.11 bits per heavy atom. The molecule has 0 saturated carbocycles. The van der Waals surface area contributed by atoms with Crippen molar-refractivity contribution in [1.82, 2.24) is 10.2 Å². The molecule has 0 radical (unpaired) electrons. The summed E-state index contributed by atoms with van der Waals surface area (Å²) in [5.74, 6) is 0.417. The Labute approximate surface area is 119 Å². The number of hydrogen-bond donors (Lipinski definition) is 2. The molecule has 0 aromatic heterocycles. The van der Waals surface area contributed by atoms with Crippen molar-refractivity contribution in [3.8, 4) is 0 Å². The first-order valence-electron chi connectivity index (χ1n) is 7.58. The number of carbonyl (C=O) groups is 1. The normalized spacial score (nSPS) is 15.2. The van der Waals surface area contributed by atoms with Crippen molar-refractivity contribution in [3.63, 3.8) is 0 Å². The summed E-state index contributed by atoms with van der Waals surface area (Å²) >= 11 is 0. The lowest BCUT2D eigenvalue weighted by atomic mass is 9.97. The maximum absolute atomic E-state index is 11.8. The molecule has 0 aliphatic carbocycles. The summed E-state index contributed by atoms with van der Waals surface area (Å²) in [5.41, 5.74) is 4.93. The Balaban J connectivity index is 4.74. The molecular weight excluding hydrogens is 238 g/mol. The molecule has 0 saturated heterocycles. The summed E-state index contributed by atoms with van der Waals surface area (Å²) in [6.07, 6.45) is 2.36. The zero-order valence-corrected chi connectivity index (χ0v) is 13.6. The Morgan fingerprint density at radius 2 is 1.79 bits per heavy atom. The van der Waals surface area contributed by atoms with Crippen LogP contribution in [0.15, 0.2) is 0 Å². The van der Waals surface area contributed by atoms with Crippen LogP contribution in [-0.4, -0.2) is 42.0 Å². The van der Waals surface area contributed by atoms with Gasteiger partial charge in [-0.25, -0.2) is 0 Å². The predicted molar refractivity (Wildman–Crippen MR) is 82.1 cm³/mol. The summed E-state index contributed by atoms with van der Waals surface area (Å²) < 4.78 is 0. The van der Waals surface area contributed by atoms with Gasteiger partial charge in [0.05, 0.1) is 0 Å². The van der Waals surface area contributed by atoms with Gasteiger partial charge >= 0.3 is 0 Å². The van der Waals surface area contributed by atoms with E-state index in [-0.39, 0.29) is 11.9 Å². The third-order valence-electron chi connectivity index (χ3n) is 3.81. The number of nitrogens with one attached hydrogen (secondary N) is 1. The summed E-state index contributed by atoms with van der Waals surface area (Å²) in [6, 6.07) is 0.240. The molecule has 3 N–H and O–H groups in total. The van der Waals surface area contributed by atoms with Crippen molar-refractivity contribution < 1.29 is 4.79 Å². The third kappa shape index (κ3) is 6.39. The van der Waals surface area contributed by atoms with Crippen molar-refractivity contribution in [1.29, 1.82) is 0 Å². The lowest BCUT2D eigenvalue weighted by Gasteiger charge is -2.36. The van der Waals surface area contributed by atoms with Gasteiger partial charge in [-0.05, 0) is 33.2 Å². The molecule has 0 aromatic rings. The summed E-state index contributed by atoms with van der Waals surface area (Å²) in [4.78, 5) is 14.1. The third-order valence-corrected chi connectivity index (χ3v) is 3.81. The van der Waals surface area contributed by atoms with E-state index >= 15 is 0 Å². The molecule has 4 nitrogen and oxygen atoms in total. The van der Waals surface area contributed by atoms with Crippen LogP contribution in [0.4, 0.5) is 0 Å². The van der Waals surface area contributed by atoms with Crippen LogP contribution in [0.5, 0.6) is 0 Å². The minimum absolute atomic E-state index is 0.240. The highest BCUT2D eigenvalue weighted by Crippen LogP contribution is 2.14. The first-order chi connectivity index (χ1) is 8.78. The molecule has 0 aliphatic heterocycles. The van der Waals surface area contributed by atoms with Crippen molar-refractivity contribution in [2.45, 2.75) is 66.0 Å². The Hall–Kier alpha value is -0.610. The minimum atomic E-state index is -0.657. The first-order valence-corrected chi connectivity index (χ1v) is 7.58. The van der Waals surface area contributed by atoms with E-state index in [1.165, 1.54) is 12.8 Å². The van der Waals surface area contributed by atoms with E-state index in [1.54, 1.807) is 0 Å². The van der Waals surface area contributed by atoms with Gasteiger partial charge in [-0.3, -0.25) is 4.79 Å². The number of amides is 1. The van der Waals surface area contributed by atoms with Gasteiger partial charge in [-0.2, -0.15) is 0 Å². The number of hydrogen-bond acceptors (Lipinski definition) is 3. The van der Waals surface area contributed by atoms with Gasteiger partial charge in [-0.1, -0.05) is 33.6 Å². The highest BCUT2D eigenvalue weighted by Gasteiger charge is 2.33. The number of primary amides is 1. The van der Waals surface area contributed by atoms with Crippen LogP contribution in [0.25, 0.3) is 0 Å². The minimum Gasteiger partial charge on any atom is -0.368 e. The summed E-state index contributed by atoms with van der Waals surface area (Å²) in [6.45, 7) is 15.2. The molecule has 1 amide bonds. The zero-order chi connectivity index (χ0) is 15.1. The van der Waals surface area contributed by atoms with E-state index in [9.17, 15) is 4.79 Å². The molecule has 0 heterocycles. The standard InChI is InChI=1S/C15H33N3O/c1-7-13(8-2)10-18(9-3)11-15(6,14(16)19)17-12(4)5/h12-13,17H,7-11H2,1-6H3,(H2,16,19). The van der Waals surface area contributed by atoms with Crippen LogP contribution in [0.1, 0.15) is 54.4 Å². The van der Waals surface area contributed by atoms with Gasteiger partial charge in [-0.15, -0.1) is 0 Å². The topological polar surface area (TPSA) is 58.4 Å². The number of carbonyl (C=O) groups excluding carboxylic acids is 1. The van der Waals surface area contributed by atoms with Crippen LogP contribution in [0.3, 0.4) is 0 Å². The number of rotatable bonds is 10. The molecule has 19 heavy (non-hydrogen) atoms. The van der Waals surface area contributed by atoms with Gasteiger partial charge in [0.2, 0.25) is 5.91 Å². The second-order valence-electron chi connectivity index (χ2n) is 6.01. The molecule has 114 valence electrons. The molecule has 0 fully saturated rings. The highest BCUT2D eigenvalue weighted by atomic mass is 16.1. The SMILES string of the molecule is CCC(CC)CN(CC)CC(C)(NC(C)C)C(N)=O. The van der Waals surface area contributed by atoms with Crippen LogP contribution in [0.2, 0.25) is 0 Å². The van der Waals surface area contributed by atoms with Crippen molar-refractivity contribution in [3.05, 3.63) is 0 Å². The van der Waals surface area contributed by atoms with E-state index in [2.05, 4.69) is 31.0 Å². The fraction of sp³-hybridized carbons (Fsp3) is 0.933. The van der Waals surface area contributed by atoms with Gasteiger partial charge in [0, 0.05) is 19.1 Å². The van der Waals surface area contributed by atoms with Crippen molar-refractivity contribution in [2.24, 2.45) is 11.7 Å². The van der Waals surface area contributed by atoms with Gasteiger partial charge in [0.1, 0.15) is 5.54 Å². The average Bonchev–Trinajstić information content (AvgIpc) is 2.33. The maximum atomic E-state index is 11.8. The monoisotopic (exact) mass is 271 g/mol. The number of nitrogens with zero attached hydrogens (tertiary/aromatic N) is 1. The number of likely N-dealkylation sites (N-methyl/N-ethyl adjacent to an activating group) is 1. The first kappa shape index (κ1) is 18.4. The molecule has 0 aromatic carbocycles. The van der Waals surface area contributed by atoms with Crippen LogP contribution in [-0.2, 0) is 4.79 Å². The average molecular weight is 271 g/mol. The Kier molecular flexibility index (Phi) is 8.26. The largest absolute Gasteiger partial charge is 0.368 e. The lowest BCUT2D eigenvalue weighted by molar-refractivity contribution is -0.125. The Bertz CT molecular complexity index is 264. The van der Waals surface area contributed by atoms with Gasteiger partial charge in [0.15, 0.2) is 0 Å². The molecule has 0 rings (SSSR count). The predicted octanol–water partition coefficient (Wildman–Crippen LogP) is 1.99. The van der Waals surface area contributed by atoms with E-state index in [1.807, 2.05) is 20.8 Å². The zero-order valence-electron chi connectivity index (χ0n) is 13.6. The quantitative estimate of drug-likeness (QED) is 0.639. The van der Waals surface area contributed by atoms with E-state index in [4.69, 9.17) is 5.73 Å².